The van der Waals surface area contributed by atoms with Gasteiger partial charge in [0.2, 0.25) is 0 Å². The number of benzene rings is 2. The summed E-state index contributed by atoms with van der Waals surface area (Å²) in [7, 11) is 0. The van der Waals surface area contributed by atoms with Crippen molar-refractivity contribution in [3.63, 3.8) is 0 Å². The molecule has 1 N–H and O–H groups in total. The number of cyclic esters (lactones) is 1. The maximum absolute atomic E-state index is 14.2. The molecule has 0 aliphatic carbocycles. The van der Waals surface area contributed by atoms with Gasteiger partial charge in [0.25, 0.3) is 0 Å². The predicted molar refractivity (Wildman–Crippen MR) is 109 cm³/mol. The summed E-state index contributed by atoms with van der Waals surface area (Å²) in [4.78, 5) is 24.8. The lowest BCUT2D eigenvalue weighted by molar-refractivity contribution is -0.139. The summed E-state index contributed by atoms with van der Waals surface area (Å²) < 4.78 is 24.9. The largest absolute Gasteiger partial charge is 0.482 e. The number of aliphatic carboxylic acids is 1. The van der Waals surface area contributed by atoms with Crippen molar-refractivity contribution >= 4 is 12.1 Å². The van der Waals surface area contributed by atoms with Crippen molar-refractivity contribution in [2.24, 2.45) is 0 Å². The van der Waals surface area contributed by atoms with Gasteiger partial charge < -0.3 is 19.5 Å². The van der Waals surface area contributed by atoms with Gasteiger partial charge in [-0.1, -0.05) is 30.3 Å². The molecule has 1 fully saturated rings. The molecule has 1 saturated heterocycles. The predicted octanol–water partition coefficient (Wildman–Crippen LogP) is 4.06. The number of ether oxygens (including phenoxy) is 2. The van der Waals surface area contributed by atoms with Crippen LogP contribution in [0.3, 0.4) is 0 Å². The van der Waals surface area contributed by atoms with E-state index >= 15 is 0 Å². The van der Waals surface area contributed by atoms with Crippen LogP contribution in [0.4, 0.5) is 9.18 Å². The monoisotopic (exact) mass is 415 g/mol. The third-order valence-corrected chi connectivity index (χ3v) is 5.26. The number of carbonyl (C=O) groups is 2. The first-order valence-electron chi connectivity index (χ1n) is 9.93. The molecular weight excluding hydrogens is 389 g/mol. The number of halogens is 1. The second kappa shape index (κ2) is 9.15. The highest BCUT2D eigenvalue weighted by molar-refractivity contribution is 5.71. The van der Waals surface area contributed by atoms with Crippen LogP contribution < -0.4 is 4.74 Å². The van der Waals surface area contributed by atoms with E-state index in [0.717, 1.165) is 5.56 Å². The molecule has 2 aromatic carbocycles. The second-order valence-corrected chi connectivity index (χ2v) is 7.91. The summed E-state index contributed by atoms with van der Waals surface area (Å²) in [6, 6.07) is 14.0. The lowest BCUT2D eigenvalue weighted by atomic mass is 9.92. The third-order valence-electron chi connectivity index (χ3n) is 5.26. The Morgan fingerprint density at radius 2 is 1.97 bits per heavy atom. The Bertz CT molecular complexity index is 900. The minimum atomic E-state index is -1.10. The fourth-order valence-corrected chi connectivity index (χ4v) is 3.71. The summed E-state index contributed by atoms with van der Waals surface area (Å²) in [5, 5.41) is 8.71. The first kappa shape index (κ1) is 21.6. The van der Waals surface area contributed by atoms with Crippen molar-refractivity contribution in [3.05, 3.63) is 65.5 Å². The van der Waals surface area contributed by atoms with Crippen molar-refractivity contribution in [3.8, 4) is 5.75 Å². The number of rotatable bonds is 9. The number of carboxylic acids is 1. The molecule has 0 bridgehead atoms. The molecule has 1 amide bonds. The Balaban J connectivity index is 1.64. The standard InChI is InChI=1S/C23H26FNO5/c1-23(2)20(13-16-7-4-3-5-8-16)25(22(28)30-23)12-6-9-17-14-18(10-11-19(17)24)29-15-21(26)27/h3-5,7-8,10-11,14,20H,6,9,12-13,15H2,1-2H3,(H,26,27)/t20-/m0/s1. The van der Waals surface area contributed by atoms with E-state index in [1.807, 2.05) is 44.2 Å². The number of aryl methyl sites for hydroxylation is 1. The molecule has 1 aliphatic rings. The van der Waals surface area contributed by atoms with Gasteiger partial charge in [0.15, 0.2) is 6.61 Å². The van der Waals surface area contributed by atoms with Gasteiger partial charge in [0.05, 0.1) is 6.04 Å². The van der Waals surface area contributed by atoms with Crippen LogP contribution in [-0.2, 0) is 22.4 Å². The van der Waals surface area contributed by atoms with Gasteiger partial charge in [-0.15, -0.1) is 0 Å². The number of nitrogens with zero attached hydrogens (tertiary/aromatic N) is 1. The number of carboxylic acid groups (broad SMARTS) is 1. The summed E-state index contributed by atoms with van der Waals surface area (Å²) in [6.07, 6.45) is 1.24. The maximum atomic E-state index is 14.2. The Hall–Kier alpha value is -3.09. The highest BCUT2D eigenvalue weighted by Crippen LogP contribution is 2.32. The summed E-state index contributed by atoms with van der Waals surface area (Å²) in [5.41, 5.74) is 0.917. The van der Waals surface area contributed by atoms with Crippen molar-refractivity contribution in [1.82, 2.24) is 4.90 Å². The zero-order chi connectivity index (χ0) is 21.7. The molecule has 2 aromatic rings. The van der Waals surface area contributed by atoms with Crippen LogP contribution in [-0.4, -0.2) is 46.9 Å². The molecule has 3 rings (SSSR count). The number of hydrogen-bond acceptors (Lipinski definition) is 4. The van der Waals surface area contributed by atoms with Crippen LogP contribution in [0.2, 0.25) is 0 Å². The van der Waals surface area contributed by atoms with Gasteiger partial charge in [-0.2, -0.15) is 0 Å². The lowest BCUT2D eigenvalue weighted by Gasteiger charge is -2.29. The van der Waals surface area contributed by atoms with E-state index in [2.05, 4.69) is 0 Å². The molecule has 1 aliphatic heterocycles. The van der Waals surface area contributed by atoms with E-state index in [4.69, 9.17) is 14.6 Å². The van der Waals surface area contributed by atoms with E-state index < -0.39 is 18.2 Å². The molecule has 1 heterocycles. The molecular formula is C23H26FNO5. The minimum Gasteiger partial charge on any atom is -0.482 e. The number of carbonyl (C=O) groups excluding carboxylic acids is 1. The van der Waals surface area contributed by atoms with Crippen LogP contribution in [0.25, 0.3) is 0 Å². The molecule has 1 atom stereocenters. The first-order chi connectivity index (χ1) is 14.3. The Morgan fingerprint density at radius 1 is 1.23 bits per heavy atom. The smallest absolute Gasteiger partial charge is 0.410 e. The van der Waals surface area contributed by atoms with Crippen molar-refractivity contribution in [2.45, 2.75) is 44.8 Å². The van der Waals surface area contributed by atoms with Crippen LogP contribution in [0, 0.1) is 5.82 Å². The zero-order valence-corrected chi connectivity index (χ0v) is 17.1. The number of amides is 1. The van der Waals surface area contributed by atoms with Crippen molar-refractivity contribution in [2.75, 3.05) is 13.2 Å². The third kappa shape index (κ3) is 5.28. The Morgan fingerprint density at radius 3 is 2.67 bits per heavy atom. The van der Waals surface area contributed by atoms with E-state index in [1.54, 1.807) is 4.90 Å². The fraction of sp³-hybridized carbons (Fsp3) is 0.391. The quantitative estimate of drug-likeness (QED) is 0.668. The van der Waals surface area contributed by atoms with Gasteiger partial charge in [-0.05, 0) is 62.4 Å². The maximum Gasteiger partial charge on any atom is 0.410 e. The first-order valence-corrected chi connectivity index (χ1v) is 9.93. The summed E-state index contributed by atoms with van der Waals surface area (Å²) in [5.74, 6) is -1.18. The van der Waals surface area contributed by atoms with Gasteiger partial charge in [-0.3, -0.25) is 0 Å². The molecule has 0 aromatic heterocycles. The molecule has 0 unspecified atom stereocenters. The summed E-state index contributed by atoms with van der Waals surface area (Å²) in [6.45, 7) is 3.75. The highest BCUT2D eigenvalue weighted by atomic mass is 19.1. The van der Waals surface area contributed by atoms with Crippen LogP contribution >= 0.6 is 0 Å². The van der Waals surface area contributed by atoms with E-state index in [-0.39, 0.29) is 18.0 Å². The van der Waals surface area contributed by atoms with Crippen LogP contribution in [0.5, 0.6) is 5.75 Å². The highest BCUT2D eigenvalue weighted by Gasteiger charge is 2.47. The van der Waals surface area contributed by atoms with Crippen LogP contribution in [0.15, 0.2) is 48.5 Å². The van der Waals surface area contributed by atoms with Gasteiger partial charge >= 0.3 is 12.1 Å². The average molecular weight is 415 g/mol. The lowest BCUT2D eigenvalue weighted by Crippen LogP contribution is -2.43. The molecule has 160 valence electrons. The minimum absolute atomic E-state index is 0.123. The molecule has 30 heavy (non-hydrogen) atoms. The van der Waals surface area contributed by atoms with E-state index in [1.165, 1.54) is 18.2 Å². The summed E-state index contributed by atoms with van der Waals surface area (Å²) >= 11 is 0. The van der Waals surface area contributed by atoms with E-state index in [0.29, 0.717) is 37.1 Å². The average Bonchev–Trinajstić information content (AvgIpc) is 2.91. The van der Waals surface area contributed by atoms with Crippen LogP contribution in [0.1, 0.15) is 31.4 Å². The Labute approximate surface area is 175 Å². The van der Waals surface area contributed by atoms with Crippen molar-refractivity contribution in [1.29, 1.82) is 0 Å². The van der Waals surface area contributed by atoms with Gasteiger partial charge in [-0.25, -0.2) is 14.0 Å². The van der Waals surface area contributed by atoms with Crippen molar-refractivity contribution < 1.29 is 28.6 Å². The normalized spacial score (nSPS) is 17.6. The topological polar surface area (TPSA) is 76.1 Å². The SMILES string of the molecule is CC1(C)OC(=O)N(CCCc2cc(OCC(=O)O)ccc2F)[C@H]1Cc1ccccc1. The molecule has 0 spiro atoms. The zero-order valence-electron chi connectivity index (χ0n) is 17.1. The molecule has 0 radical (unpaired) electrons. The van der Waals surface area contributed by atoms with E-state index in [9.17, 15) is 14.0 Å². The van der Waals surface area contributed by atoms with Gasteiger partial charge in [0, 0.05) is 6.54 Å². The molecule has 6 nitrogen and oxygen atoms in total. The molecule has 0 saturated carbocycles. The Kier molecular flexibility index (Phi) is 6.59. The number of hydrogen-bond donors (Lipinski definition) is 1. The molecule has 7 heteroatoms. The fourth-order valence-electron chi connectivity index (χ4n) is 3.71. The second-order valence-electron chi connectivity index (χ2n) is 7.91. The van der Waals surface area contributed by atoms with Gasteiger partial charge in [0.1, 0.15) is 17.2 Å².